The highest BCUT2D eigenvalue weighted by molar-refractivity contribution is 5.91. The van der Waals surface area contributed by atoms with Crippen molar-refractivity contribution in [1.29, 1.82) is 0 Å². The zero-order valence-corrected chi connectivity index (χ0v) is 6.40. The maximum atomic E-state index is 11.0. The highest BCUT2D eigenvalue weighted by atomic mass is 16.5. The molecule has 1 rings (SSSR count). The molecule has 0 amide bonds. The van der Waals surface area contributed by atoms with Gasteiger partial charge in [-0.15, -0.1) is 0 Å². The van der Waals surface area contributed by atoms with Gasteiger partial charge in [-0.1, -0.05) is 6.07 Å². The number of carboxylic acids is 1. The minimum atomic E-state index is -2.93. The Morgan fingerprint density at radius 2 is 2.23 bits per heavy atom. The summed E-state index contributed by atoms with van der Waals surface area (Å²) in [6.07, 6.45) is 0. The number of benzene rings is 1. The summed E-state index contributed by atoms with van der Waals surface area (Å²) >= 11 is 0. The Balaban J connectivity index is 3.30. The molecule has 0 saturated heterocycles. The third kappa shape index (κ3) is 1.72. The van der Waals surface area contributed by atoms with Gasteiger partial charge in [-0.3, -0.25) is 0 Å². The minimum absolute atomic E-state index is 0.476. The molecule has 0 bridgehead atoms. The molecule has 0 saturated carbocycles. The van der Waals surface area contributed by atoms with E-state index in [0.29, 0.717) is 0 Å². The van der Waals surface area contributed by atoms with Gasteiger partial charge in [-0.25, -0.2) is 4.79 Å². The Bertz CT molecular complexity index is 479. The molecule has 0 aliphatic rings. The first-order valence-corrected chi connectivity index (χ1v) is 3.24. The summed E-state index contributed by atoms with van der Waals surface area (Å²) in [5.41, 5.74) is -0.502. The smallest absolute Gasteiger partial charge is 0.339 e. The number of rotatable bonds is 3. The van der Waals surface area contributed by atoms with Crippen LogP contribution in [0.2, 0.25) is 0 Å². The first-order chi connectivity index (χ1) is 8.49. The van der Waals surface area contributed by atoms with E-state index in [1.807, 2.05) is 0 Å². The Morgan fingerprint density at radius 3 is 2.85 bits per heavy atom. The fourth-order valence-electron chi connectivity index (χ4n) is 0.870. The summed E-state index contributed by atoms with van der Waals surface area (Å²) in [5, 5.41) is 8.93. The quantitative estimate of drug-likeness (QED) is 0.779. The van der Waals surface area contributed by atoms with Gasteiger partial charge in [0.15, 0.2) is 11.5 Å². The van der Waals surface area contributed by atoms with Crippen molar-refractivity contribution < 1.29 is 27.6 Å². The van der Waals surface area contributed by atoms with E-state index in [1.165, 1.54) is 6.07 Å². The normalized spacial score (nSPS) is 18.2. The van der Waals surface area contributed by atoms with Crippen molar-refractivity contribution in [3.05, 3.63) is 23.8 Å². The molecule has 0 spiro atoms. The van der Waals surface area contributed by atoms with Crippen LogP contribution in [0, 0.1) is 0 Å². The number of methoxy groups -OCH3 is 2. The summed E-state index contributed by atoms with van der Waals surface area (Å²) in [5.74, 6) is -2.59. The number of hydrogen-bond donors (Lipinski definition) is 1. The second-order valence-corrected chi connectivity index (χ2v) is 2.14. The predicted molar refractivity (Wildman–Crippen MR) is 46.5 cm³/mol. The topological polar surface area (TPSA) is 55.8 Å². The monoisotopic (exact) mass is 188 g/mol. The lowest BCUT2D eigenvalue weighted by atomic mass is 10.2. The van der Waals surface area contributed by atoms with Crippen molar-refractivity contribution >= 4 is 5.97 Å². The van der Waals surface area contributed by atoms with E-state index in [2.05, 4.69) is 9.47 Å². The SMILES string of the molecule is [2H]C([2H])([2H])Oc1cccc(C(=O)O)c1OC([2H])([2H])[2H]. The molecular formula is C9H10O4. The highest BCUT2D eigenvalue weighted by Gasteiger charge is 2.14. The van der Waals surface area contributed by atoms with Gasteiger partial charge in [0, 0.05) is 0 Å². The molecule has 4 heteroatoms. The van der Waals surface area contributed by atoms with E-state index < -0.39 is 37.1 Å². The zero-order valence-electron chi connectivity index (χ0n) is 12.4. The Hall–Kier alpha value is -1.71. The number of carbonyl (C=O) groups is 1. The molecule has 0 aliphatic carbocycles. The van der Waals surface area contributed by atoms with Gasteiger partial charge in [0.05, 0.1) is 22.3 Å². The summed E-state index contributed by atoms with van der Waals surface area (Å²) in [6, 6.07) is 3.41. The van der Waals surface area contributed by atoms with E-state index >= 15 is 0 Å². The summed E-state index contributed by atoms with van der Waals surface area (Å²) in [4.78, 5) is 11.0. The zero-order chi connectivity index (χ0) is 14.8. The lowest BCUT2D eigenvalue weighted by Crippen LogP contribution is -2.01. The Morgan fingerprint density at radius 1 is 1.46 bits per heavy atom. The molecule has 1 aromatic rings. The van der Waals surface area contributed by atoms with Gasteiger partial charge >= 0.3 is 5.97 Å². The molecule has 70 valence electrons. The molecule has 0 heterocycles. The van der Waals surface area contributed by atoms with Crippen LogP contribution in [0.25, 0.3) is 0 Å². The number of ether oxygens (including phenoxy) is 2. The van der Waals surface area contributed by atoms with Gasteiger partial charge in [0.25, 0.3) is 0 Å². The molecule has 0 unspecified atom stereocenters. The van der Waals surface area contributed by atoms with E-state index in [0.717, 1.165) is 12.1 Å². The van der Waals surface area contributed by atoms with Gasteiger partial charge < -0.3 is 14.6 Å². The fourth-order valence-corrected chi connectivity index (χ4v) is 0.870. The predicted octanol–water partition coefficient (Wildman–Crippen LogP) is 1.40. The standard InChI is InChI=1S/C9H10O4/c1-12-7-5-3-4-6(9(10)11)8(7)13-2/h3-5H,1-2H3,(H,10,11)/i1D3,2D3. The molecule has 0 radical (unpaired) electrons. The molecule has 0 aromatic heterocycles. The van der Waals surface area contributed by atoms with Crippen LogP contribution < -0.4 is 9.47 Å². The third-order valence-corrected chi connectivity index (χ3v) is 1.42. The van der Waals surface area contributed by atoms with Crippen LogP contribution in [0.3, 0.4) is 0 Å². The van der Waals surface area contributed by atoms with Gasteiger partial charge in [0.2, 0.25) is 0 Å². The van der Waals surface area contributed by atoms with Crippen LogP contribution in [0.15, 0.2) is 18.2 Å². The molecule has 4 nitrogen and oxygen atoms in total. The van der Waals surface area contributed by atoms with Crippen LogP contribution in [0.4, 0.5) is 0 Å². The van der Waals surface area contributed by atoms with Crippen LogP contribution in [-0.2, 0) is 0 Å². The van der Waals surface area contributed by atoms with Crippen LogP contribution in [0.1, 0.15) is 18.6 Å². The molecule has 0 fully saturated rings. The third-order valence-electron chi connectivity index (χ3n) is 1.42. The first kappa shape index (κ1) is 4.00. The molecule has 1 N–H and O–H groups in total. The van der Waals surface area contributed by atoms with Crippen LogP contribution >= 0.6 is 0 Å². The lowest BCUT2D eigenvalue weighted by molar-refractivity contribution is 0.0692. The van der Waals surface area contributed by atoms with Gasteiger partial charge in [-0.2, -0.15) is 0 Å². The highest BCUT2D eigenvalue weighted by Crippen LogP contribution is 2.30. The molecule has 0 atom stereocenters. The van der Waals surface area contributed by atoms with Crippen molar-refractivity contribution in [2.45, 2.75) is 0 Å². The Kier molecular flexibility index (Phi) is 1.17. The number of para-hydroxylation sites is 1. The van der Waals surface area contributed by atoms with Gasteiger partial charge in [-0.05, 0) is 12.1 Å². The van der Waals surface area contributed by atoms with Crippen molar-refractivity contribution in [2.75, 3.05) is 14.1 Å². The van der Waals surface area contributed by atoms with Crippen molar-refractivity contribution in [3.63, 3.8) is 0 Å². The summed E-state index contributed by atoms with van der Waals surface area (Å²) in [7, 11) is -5.79. The van der Waals surface area contributed by atoms with Gasteiger partial charge in [0.1, 0.15) is 5.56 Å². The Labute approximate surface area is 84.1 Å². The average Bonchev–Trinajstić information content (AvgIpc) is 2.15. The maximum absolute atomic E-state index is 11.0. The summed E-state index contributed by atoms with van der Waals surface area (Å²) < 4.78 is 50.7. The molecular weight excluding hydrogens is 172 g/mol. The van der Waals surface area contributed by atoms with E-state index in [9.17, 15) is 4.79 Å². The second kappa shape index (κ2) is 3.80. The fraction of sp³-hybridized carbons (Fsp3) is 0.222. The van der Waals surface area contributed by atoms with E-state index in [-0.39, 0.29) is 0 Å². The number of hydrogen-bond acceptors (Lipinski definition) is 3. The molecule has 13 heavy (non-hydrogen) atoms. The first-order valence-electron chi connectivity index (χ1n) is 6.24. The molecule has 0 aliphatic heterocycles. The van der Waals surface area contributed by atoms with Crippen molar-refractivity contribution in [1.82, 2.24) is 0 Å². The molecule has 1 aromatic carbocycles. The minimum Gasteiger partial charge on any atom is -0.493 e. The van der Waals surface area contributed by atoms with Crippen molar-refractivity contribution in [3.8, 4) is 11.5 Å². The maximum Gasteiger partial charge on any atom is 0.339 e. The van der Waals surface area contributed by atoms with E-state index in [4.69, 9.17) is 13.3 Å². The van der Waals surface area contributed by atoms with Crippen LogP contribution in [0.5, 0.6) is 11.5 Å². The average molecular weight is 188 g/mol. The second-order valence-electron chi connectivity index (χ2n) is 2.14. The largest absolute Gasteiger partial charge is 0.493 e. The lowest BCUT2D eigenvalue weighted by Gasteiger charge is -2.08. The van der Waals surface area contributed by atoms with Crippen molar-refractivity contribution in [2.24, 2.45) is 0 Å². The van der Waals surface area contributed by atoms with E-state index in [1.54, 1.807) is 0 Å². The number of aromatic carboxylic acids is 1. The number of carboxylic acid groups (broad SMARTS) is 1. The van der Waals surface area contributed by atoms with Crippen LogP contribution in [-0.4, -0.2) is 25.2 Å². The summed E-state index contributed by atoms with van der Waals surface area (Å²) in [6.45, 7) is 0.